The van der Waals surface area contributed by atoms with Crippen molar-refractivity contribution in [2.24, 2.45) is 0 Å². The molecule has 0 unspecified atom stereocenters. The minimum Gasteiger partial charge on any atom is -0.308 e. The van der Waals surface area contributed by atoms with E-state index in [1.54, 1.807) is 6.20 Å². The lowest BCUT2D eigenvalue weighted by Gasteiger charge is -2.12. The molecular weight excluding hydrogens is 334 g/mol. The fourth-order valence-corrected chi connectivity index (χ4v) is 3.08. The van der Waals surface area contributed by atoms with Crippen molar-refractivity contribution in [3.63, 3.8) is 0 Å². The number of para-hydroxylation sites is 1. The minimum atomic E-state index is -0.265. The van der Waals surface area contributed by atoms with Crippen LogP contribution in [0.25, 0.3) is 21.9 Å². The van der Waals surface area contributed by atoms with Crippen molar-refractivity contribution in [1.82, 2.24) is 4.98 Å². The number of amides is 2. The third-order valence-corrected chi connectivity index (χ3v) is 4.48. The highest BCUT2D eigenvalue weighted by atomic mass is 16.2. The van der Waals surface area contributed by atoms with Crippen molar-refractivity contribution in [1.29, 1.82) is 0 Å². The first-order chi connectivity index (χ1) is 13.2. The van der Waals surface area contributed by atoms with E-state index in [4.69, 9.17) is 0 Å². The maximum absolute atomic E-state index is 12.3. The van der Waals surface area contributed by atoms with Crippen LogP contribution in [0.2, 0.25) is 0 Å². The van der Waals surface area contributed by atoms with Crippen LogP contribution in [-0.2, 0) is 0 Å². The highest BCUT2D eigenvalue weighted by molar-refractivity contribution is 6.00. The molecule has 0 saturated carbocycles. The summed E-state index contributed by atoms with van der Waals surface area (Å²) < 4.78 is 0. The molecule has 0 aliphatic heterocycles. The number of rotatable bonds is 3. The Balaban J connectivity index is 1.60. The molecular formula is C23H19N3O. The maximum Gasteiger partial charge on any atom is 0.323 e. The number of urea groups is 1. The number of aryl methyl sites for hydroxylation is 1. The van der Waals surface area contributed by atoms with E-state index in [0.29, 0.717) is 0 Å². The van der Waals surface area contributed by atoms with Gasteiger partial charge in [0.05, 0.1) is 0 Å². The maximum atomic E-state index is 12.3. The van der Waals surface area contributed by atoms with E-state index in [0.717, 1.165) is 38.8 Å². The molecule has 27 heavy (non-hydrogen) atoms. The largest absolute Gasteiger partial charge is 0.323 e. The van der Waals surface area contributed by atoms with E-state index in [9.17, 15) is 4.79 Å². The zero-order chi connectivity index (χ0) is 18.6. The minimum absolute atomic E-state index is 0.265. The Hall–Kier alpha value is -3.66. The van der Waals surface area contributed by atoms with Crippen LogP contribution in [0.15, 0.2) is 85.2 Å². The summed E-state index contributed by atoms with van der Waals surface area (Å²) >= 11 is 0. The number of carbonyl (C=O) groups is 1. The summed E-state index contributed by atoms with van der Waals surface area (Å²) in [6.45, 7) is 2.07. The van der Waals surface area contributed by atoms with Gasteiger partial charge in [-0.2, -0.15) is 0 Å². The van der Waals surface area contributed by atoms with E-state index < -0.39 is 0 Å². The topological polar surface area (TPSA) is 54.0 Å². The summed E-state index contributed by atoms with van der Waals surface area (Å²) in [7, 11) is 0. The van der Waals surface area contributed by atoms with Gasteiger partial charge in [-0.25, -0.2) is 4.79 Å². The molecule has 1 heterocycles. The molecule has 2 amide bonds. The molecule has 4 aromatic rings. The molecule has 0 radical (unpaired) electrons. The standard InChI is InChI=1S/C23H19N3O/c1-16-7-10-21(26-23(27)25-20-5-3-2-4-6-20)14-22(16)18-9-8-17-11-12-24-15-19(17)13-18/h2-15H,1H3,(H2,25,26,27). The predicted molar refractivity (Wildman–Crippen MR) is 111 cm³/mol. The summed E-state index contributed by atoms with van der Waals surface area (Å²) in [5.41, 5.74) is 4.82. The average Bonchev–Trinajstić information content (AvgIpc) is 2.70. The Morgan fingerprint density at radius 1 is 0.815 bits per heavy atom. The van der Waals surface area contributed by atoms with Gasteiger partial charge < -0.3 is 10.6 Å². The summed E-state index contributed by atoms with van der Waals surface area (Å²) in [6, 6.07) is 23.3. The summed E-state index contributed by atoms with van der Waals surface area (Å²) in [4.78, 5) is 16.5. The quantitative estimate of drug-likeness (QED) is 0.485. The van der Waals surface area contributed by atoms with Gasteiger partial charge >= 0.3 is 6.03 Å². The van der Waals surface area contributed by atoms with Crippen LogP contribution in [0.1, 0.15) is 5.56 Å². The van der Waals surface area contributed by atoms with Gasteiger partial charge in [0.25, 0.3) is 0 Å². The van der Waals surface area contributed by atoms with Crippen LogP contribution >= 0.6 is 0 Å². The molecule has 0 spiro atoms. The number of nitrogens with one attached hydrogen (secondary N) is 2. The molecule has 0 saturated heterocycles. The highest BCUT2D eigenvalue weighted by Gasteiger charge is 2.07. The van der Waals surface area contributed by atoms with Gasteiger partial charge in [-0.1, -0.05) is 36.4 Å². The van der Waals surface area contributed by atoms with E-state index in [1.165, 1.54) is 0 Å². The molecule has 3 aromatic carbocycles. The lowest BCUT2D eigenvalue weighted by atomic mass is 9.98. The molecule has 0 bridgehead atoms. The molecule has 0 aliphatic rings. The van der Waals surface area contributed by atoms with Gasteiger partial charge in [-0.3, -0.25) is 4.98 Å². The summed E-state index contributed by atoms with van der Waals surface area (Å²) in [5.74, 6) is 0. The van der Waals surface area contributed by atoms with Gasteiger partial charge in [-0.15, -0.1) is 0 Å². The van der Waals surface area contributed by atoms with Crippen LogP contribution in [-0.4, -0.2) is 11.0 Å². The third-order valence-electron chi connectivity index (χ3n) is 4.48. The van der Waals surface area contributed by atoms with E-state index in [-0.39, 0.29) is 6.03 Å². The Morgan fingerprint density at radius 2 is 1.63 bits per heavy atom. The molecule has 4 heteroatoms. The number of fused-ring (bicyclic) bond motifs is 1. The number of benzene rings is 3. The van der Waals surface area contributed by atoms with Crippen LogP contribution in [0, 0.1) is 6.92 Å². The molecule has 2 N–H and O–H groups in total. The van der Waals surface area contributed by atoms with Crippen molar-refractivity contribution in [2.75, 3.05) is 10.6 Å². The van der Waals surface area contributed by atoms with Gasteiger partial charge in [0.1, 0.15) is 0 Å². The molecule has 132 valence electrons. The van der Waals surface area contributed by atoms with Crippen molar-refractivity contribution in [3.8, 4) is 11.1 Å². The Morgan fingerprint density at radius 3 is 2.48 bits per heavy atom. The van der Waals surface area contributed by atoms with Crippen LogP contribution < -0.4 is 10.6 Å². The van der Waals surface area contributed by atoms with Crippen LogP contribution in [0.4, 0.5) is 16.2 Å². The van der Waals surface area contributed by atoms with E-state index >= 15 is 0 Å². The van der Waals surface area contributed by atoms with Gasteiger partial charge in [-0.05, 0) is 65.4 Å². The first kappa shape index (κ1) is 16.8. The summed E-state index contributed by atoms with van der Waals surface area (Å²) in [5, 5.41) is 7.98. The van der Waals surface area contributed by atoms with Crippen molar-refractivity contribution >= 4 is 28.2 Å². The average molecular weight is 353 g/mol. The number of nitrogens with zero attached hydrogens (tertiary/aromatic N) is 1. The second-order valence-electron chi connectivity index (χ2n) is 6.41. The molecule has 4 nitrogen and oxygen atoms in total. The Labute approximate surface area is 157 Å². The smallest absolute Gasteiger partial charge is 0.308 e. The number of carbonyl (C=O) groups excluding carboxylic acids is 1. The molecule has 4 rings (SSSR count). The molecule has 0 fully saturated rings. The fourth-order valence-electron chi connectivity index (χ4n) is 3.08. The lowest BCUT2D eigenvalue weighted by molar-refractivity contribution is 0.262. The first-order valence-corrected chi connectivity index (χ1v) is 8.77. The monoisotopic (exact) mass is 353 g/mol. The number of hydrogen-bond donors (Lipinski definition) is 2. The van der Waals surface area contributed by atoms with Crippen LogP contribution in [0.5, 0.6) is 0 Å². The van der Waals surface area contributed by atoms with Crippen LogP contribution in [0.3, 0.4) is 0 Å². The Kier molecular flexibility index (Phi) is 4.54. The molecule has 1 aromatic heterocycles. The second-order valence-corrected chi connectivity index (χ2v) is 6.41. The van der Waals surface area contributed by atoms with Gasteiger partial charge in [0, 0.05) is 29.2 Å². The first-order valence-electron chi connectivity index (χ1n) is 8.77. The van der Waals surface area contributed by atoms with E-state index in [2.05, 4.69) is 40.7 Å². The third kappa shape index (κ3) is 3.80. The van der Waals surface area contributed by atoms with Gasteiger partial charge in [0.2, 0.25) is 0 Å². The Bertz CT molecular complexity index is 1110. The molecule has 0 aliphatic carbocycles. The van der Waals surface area contributed by atoms with Crippen molar-refractivity contribution in [2.45, 2.75) is 6.92 Å². The summed E-state index contributed by atoms with van der Waals surface area (Å²) in [6.07, 6.45) is 3.66. The zero-order valence-corrected chi connectivity index (χ0v) is 14.9. The zero-order valence-electron chi connectivity index (χ0n) is 14.9. The lowest BCUT2D eigenvalue weighted by Crippen LogP contribution is -2.19. The number of hydrogen-bond acceptors (Lipinski definition) is 2. The second kappa shape index (κ2) is 7.30. The molecule has 0 atom stereocenters. The van der Waals surface area contributed by atoms with Crippen molar-refractivity contribution < 1.29 is 4.79 Å². The number of pyridine rings is 1. The number of anilines is 2. The normalized spacial score (nSPS) is 10.6. The van der Waals surface area contributed by atoms with Crippen molar-refractivity contribution in [3.05, 3.63) is 90.8 Å². The fraction of sp³-hybridized carbons (Fsp3) is 0.0435. The SMILES string of the molecule is Cc1ccc(NC(=O)Nc2ccccc2)cc1-c1ccc2ccncc2c1. The van der Waals surface area contributed by atoms with Gasteiger partial charge in [0.15, 0.2) is 0 Å². The predicted octanol–water partition coefficient (Wildman–Crippen LogP) is 5.85. The number of aromatic nitrogens is 1. The highest BCUT2D eigenvalue weighted by Crippen LogP contribution is 2.29. The van der Waals surface area contributed by atoms with E-state index in [1.807, 2.05) is 60.8 Å².